The number of anilines is 3. The Bertz CT molecular complexity index is 1260. The fourth-order valence-corrected chi connectivity index (χ4v) is 5.39. The first-order valence-corrected chi connectivity index (χ1v) is 10.7. The molecule has 6 rings (SSSR count). The molecule has 0 unspecified atom stereocenters. The maximum atomic E-state index is 6.37. The molecule has 3 aromatic carbocycles. The van der Waals surface area contributed by atoms with Crippen LogP contribution in [0.3, 0.4) is 0 Å². The average Bonchev–Trinajstić information content (AvgIpc) is 2.74. The summed E-state index contributed by atoms with van der Waals surface area (Å²) in [5.74, 6) is 2.78. The van der Waals surface area contributed by atoms with Crippen LogP contribution in [0.4, 0.5) is 17.2 Å². The summed E-state index contributed by atoms with van der Waals surface area (Å²) < 4.78 is 7.59. The van der Waals surface area contributed by atoms with Gasteiger partial charge in [-0.15, -0.1) is 0 Å². The molecule has 0 radical (unpaired) electrons. The van der Waals surface area contributed by atoms with Crippen LogP contribution in [0.1, 0.15) is 5.56 Å². The molecule has 0 saturated carbocycles. The maximum absolute atomic E-state index is 6.37. The number of ether oxygens (including phenoxy) is 1. The molecule has 0 amide bonds. The predicted molar refractivity (Wildman–Crippen MR) is 128 cm³/mol. The fraction of sp³-hybridized carbons (Fsp3) is 0.0417. The second-order valence-electron chi connectivity index (χ2n) is 7.41. The van der Waals surface area contributed by atoms with Crippen molar-refractivity contribution in [2.24, 2.45) is 0 Å². The van der Waals surface area contributed by atoms with Gasteiger partial charge in [0.05, 0.1) is 0 Å². The Morgan fingerprint density at radius 1 is 0.828 bits per heavy atom. The smallest absolute Gasteiger partial charge is 0.260 e. The summed E-state index contributed by atoms with van der Waals surface area (Å²) in [6.07, 6.45) is 1.85. The second-order valence-corrected chi connectivity index (χ2v) is 8.57. The molecule has 0 spiro atoms. The molecule has 29 heavy (non-hydrogen) atoms. The summed E-state index contributed by atoms with van der Waals surface area (Å²) in [4.78, 5) is 7.11. The molecule has 0 bridgehead atoms. The summed E-state index contributed by atoms with van der Waals surface area (Å²) >= 11 is 2.43. The topological polar surface area (TPSA) is 25.4 Å². The first-order valence-electron chi connectivity index (χ1n) is 9.64. The van der Waals surface area contributed by atoms with Crippen LogP contribution in [0.25, 0.3) is 0 Å². The van der Waals surface area contributed by atoms with Crippen LogP contribution in [-0.2, 0) is 0 Å². The van der Waals surface area contributed by atoms with Crippen molar-refractivity contribution in [2.75, 3.05) is 4.90 Å². The molecule has 0 fully saturated rings. The van der Waals surface area contributed by atoms with E-state index in [2.05, 4.69) is 95.1 Å². The third-order valence-electron chi connectivity index (χ3n) is 5.80. The standard InChI is InChI=1S/C24H16BIN2O/c1-15-7-5-11-18-21(15)25-22-17(26)10-6-12-19(22)29-20-13-14-27-24(23(20)25)28(18)16-8-3-2-4-9-16/h2-14H,1H3. The van der Waals surface area contributed by atoms with E-state index in [0.29, 0.717) is 0 Å². The summed E-state index contributed by atoms with van der Waals surface area (Å²) in [5.41, 5.74) is 7.28. The Morgan fingerprint density at radius 3 is 2.48 bits per heavy atom. The molecular weight excluding hydrogens is 470 g/mol. The predicted octanol–water partition coefficient (Wildman–Crippen LogP) is 4.40. The molecule has 1 aromatic heterocycles. The van der Waals surface area contributed by atoms with Gasteiger partial charge in [0, 0.05) is 26.6 Å². The van der Waals surface area contributed by atoms with E-state index in [0.717, 1.165) is 28.5 Å². The van der Waals surface area contributed by atoms with E-state index in [1.165, 1.54) is 25.7 Å². The van der Waals surface area contributed by atoms with Gasteiger partial charge in [-0.05, 0) is 76.8 Å². The van der Waals surface area contributed by atoms with E-state index in [1.807, 2.05) is 18.3 Å². The molecule has 2 aliphatic rings. The first-order chi connectivity index (χ1) is 14.2. The van der Waals surface area contributed by atoms with E-state index < -0.39 is 0 Å². The van der Waals surface area contributed by atoms with Crippen LogP contribution < -0.4 is 26.0 Å². The molecule has 0 saturated heterocycles. The number of aryl methyl sites for hydroxylation is 1. The third kappa shape index (κ3) is 2.40. The van der Waals surface area contributed by atoms with E-state index in [9.17, 15) is 0 Å². The molecule has 138 valence electrons. The van der Waals surface area contributed by atoms with Gasteiger partial charge in [0.25, 0.3) is 6.71 Å². The Labute approximate surface area is 183 Å². The van der Waals surface area contributed by atoms with Crippen molar-refractivity contribution in [1.29, 1.82) is 0 Å². The lowest BCUT2D eigenvalue weighted by Crippen LogP contribution is -2.61. The lowest BCUT2D eigenvalue weighted by atomic mass is 9.34. The highest BCUT2D eigenvalue weighted by atomic mass is 127. The van der Waals surface area contributed by atoms with E-state index >= 15 is 0 Å². The zero-order valence-corrected chi connectivity index (χ0v) is 17.9. The van der Waals surface area contributed by atoms with Gasteiger partial charge in [-0.25, -0.2) is 4.98 Å². The number of hydrogen-bond donors (Lipinski definition) is 0. The van der Waals surface area contributed by atoms with Crippen LogP contribution in [0.5, 0.6) is 11.5 Å². The number of aromatic nitrogens is 1. The highest BCUT2D eigenvalue weighted by Crippen LogP contribution is 2.39. The van der Waals surface area contributed by atoms with Crippen LogP contribution >= 0.6 is 22.6 Å². The van der Waals surface area contributed by atoms with E-state index in [1.54, 1.807) is 0 Å². The van der Waals surface area contributed by atoms with Gasteiger partial charge in [-0.1, -0.05) is 42.0 Å². The van der Waals surface area contributed by atoms with Gasteiger partial charge in [-0.3, -0.25) is 4.90 Å². The van der Waals surface area contributed by atoms with Crippen molar-refractivity contribution in [3.63, 3.8) is 0 Å². The van der Waals surface area contributed by atoms with Crippen molar-refractivity contribution in [3.05, 3.63) is 88.1 Å². The van der Waals surface area contributed by atoms with Crippen molar-refractivity contribution < 1.29 is 4.74 Å². The zero-order chi connectivity index (χ0) is 19.5. The van der Waals surface area contributed by atoms with Gasteiger partial charge in [0.15, 0.2) is 0 Å². The molecule has 3 heterocycles. The van der Waals surface area contributed by atoms with Gasteiger partial charge < -0.3 is 4.74 Å². The highest BCUT2D eigenvalue weighted by molar-refractivity contribution is 14.1. The van der Waals surface area contributed by atoms with Crippen LogP contribution in [0.2, 0.25) is 0 Å². The number of fused-ring (bicyclic) bond motifs is 4. The number of hydrogen-bond acceptors (Lipinski definition) is 3. The van der Waals surface area contributed by atoms with Crippen LogP contribution in [-0.4, -0.2) is 11.7 Å². The zero-order valence-electron chi connectivity index (χ0n) is 15.8. The van der Waals surface area contributed by atoms with Gasteiger partial charge in [-0.2, -0.15) is 0 Å². The number of benzene rings is 3. The number of halogens is 1. The summed E-state index contributed by atoms with van der Waals surface area (Å²) in [6.45, 7) is 2.32. The van der Waals surface area contributed by atoms with E-state index in [-0.39, 0.29) is 6.71 Å². The van der Waals surface area contributed by atoms with Crippen molar-refractivity contribution >= 4 is 62.9 Å². The SMILES string of the molecule is Cc1cccc2c1B1c3c(I)cccc3Oc3ccnc(c31)N2c1ccccc1. The van der Waals surface area contributed by atoms with Crippen molar-refractivity contribution in [2.45, 2.75) is 6.92 Å². The van der Waals surface area contributed by atoms with Crippen molar-refractivity contribution in [1.82, 2.24) is 4.98 Å². The number of rotatable bonds is 1. The fourth-order valence-electron chi connectivity index (χ4n) is 4.61. The highest BCUT2D eigenvalue weighted by Gasteiger charge is 2.43. The minimum atomic E-state index is 0.113. The molecule has 0 aliphatic carbocycles. The largest absolute Gasteiger partial charge is 0.458 e. The van der Waals surface area contributed by atoms with Crippen LogP contribution in [0.15, 0.2) is 79.0 Å². The molecule has 2 aliphatic heterocycles. The maximum Gasteiger partial charge on any atom is 0.260 e. The minimum Gasteiger partial charge on any atom is -0.458 e. The van der Waals surface area contributed by atoms with Gasteiger partial charge >= 0.3 is 0 Å². The summed E-state index contributed by atoms with van der Waals surface area (Å²) in [7, 11) is 0. The summed E-state index contributed by atoms with van der Waals surface area (Å²) in [5, 5.41) is 0. The van der Waals surface area contributed by atoms with Gasteiger partial charge in [0.2, 0.25) is 0 Å². The Hall–Kier alpha value is -2.80. The number of para-hydroxylation sites is 1. The number of nitrogens with zero attached hydrogens (tertiary/aromatic N) is 2. The molecule has 0 atom stereocenters. The van der Waals surface area contributed by atoms with Crippen molar-refractivity contribution in [3.8, 4) is 11.5 Å². The minimum absolute atomic E-state index is 0.113. The quantitative estimate of drug-likeness (QED) is 0.255. The molecule has 4 aromatic rings. The lowest BCUT2D eigenvalue weighted by Gasteiger charge is -2.39. The average molecular weight is 486 g/mol. The number of pyridine rings is 1. The molecular formula is C24H16BIN2O. The molecule has 3 nitrogen and oxygen atoms in total. The second kappa shape index (κ2) is 6.35. The van der Waals surface area contributed by atoms with Gasteiger partial charge in [0.1, 0.15) is 17.3 Å². The first kappa shape index (κ1) is 17.1. The monoisotopic (exact) mass is 486 g/mol. The molecule has 5 heteroatoms. The molecule has 0 N–H and O–H groups in total. The normalized spacial score (nSPS) is 13.3. The Kier molecular flexibility index (Phi) is 3.75. The van der Waals surface area contributed by atoms with Crippen LogP contribution in [0, 0.1) is 10.5 Å². The Balaban J connectivity index is 1.74. The van der Waals surface area contributed by atoms with E-state index in [4.69, 9.17) is 9.72 Å². The Morgan fingerprint density at radius 2 is 1.62 bits per heavy atom. The third-order valence-corrected chi connectivity index (χ3v) is 6.74. The lowest BCUT2D eigenvalue weighted by molar-refractivity contribution is 0.486. The summed E-state index contributed by atoms with van der Waals surface area (Å²) in [6, 6.07) is 25.3.